The molecular weight excluding hydrogens is 346 g/mol. The third-order valence-electron chi connectivity index (χ3n) is 4.58. The van der Waals surface area contributed by atoms with Crippen molar-refractivity contribution in [3.63, 3.8) is 0 Å². The third kappa shape index (κ3) is 3.19. The molecule has 1 heterocycles. The molecule has 5 heteroatoms. The van der Waals surface area contributed by atoms with Crippen molar-refractivity contribution in [3.8, 4) is 0 Å². The second-order valence-electron chi connectivity index (χ2n) is 6.83. The molecule has 0 aliphatic carbocycles. The first-order valence-electron chi connectivity index (χ1n) is 7.46. The first-order valence-corrected chi connectivity index (χ1v) is 8.25. The largest absolute Gasteiger partial charge is 0.481 e. The van der Waals surface area contributed by atoms with E-state index in [4.69, 9.17) is 0 Å². The smallest absolute Gasteiger partial charge is 0.311 e. The van der Waals surface area contributed by atoms with Crippen LogP contribution in [0.25, 0.3) is 0 Å². The highest BCUT2D eigenvalue weighted by Gasteiger charge is 2.43. The van der Waals surface area contributed by atoms with Gasteiger partial charge < -0.3 is 10.0 Å². The van der Waals surface area contributed by atoms with E-state index in [1.54, 1.807) is 11.8 Å². The number of hydrogen-bond donors (Lipinski definition) is 1. The Morgan fingerprint density at radius 3 is 2.64 bits per heavy atom. The third-order valence-corrected chi connectivity index (χ3v) is 5.07. The van der Waals surface area contributed by atoms with Crippen molar-refractivity contribution in [3.05, 3.63) is 34.3 Å². The number of halogens is 1. The fraction of sp³-hybridized carbons (Fsp3) is 0.529. The lowest BCUT2D eigenvalue weighted by atomic mass is 9.78. The lowest BCUT2D eigenvalue weighted by molar-refractivity contribution is -0.154. The molecule has 0 bridgehead atoms. The number of hydrogen-bond acceptors (Lipinski definition) is 2. The Kier molecular flexibility index (Phi) is 4.66. The fourth-order valence-corrected chi connectivity index (χ4v) is 3.38. The number of carbonyl (C=O) groups is 2. The Balaban J connectivity index is 2.25. The molecule has 0 aromatic heterocycles. The molecule has 0 spiro atoms. The summed E-state index contributed by atoms with van der Waals surface area (Å²) in [5.74, 6) is -0.844. The molecule has 22 heavy (non-hydrogen) atoms. The molecule has 1 amide bonds. The van der Waals surface area contributed by atoms with E-state index < -0.39 is 16.8 Å². The van der Waals surface area contributed by atoms with Gasteiger partial charge in [0.25, 0.3) is 0 Å². The zero-order valence-corrected chi connectivity index (χ0v) is 14.8. The number of amides is 1. The normalized spacial score (nSPS) is 22.5. The maximum atomic E-state index is 13.0. The first kappa shape index (κ1) is 17.0. The van der Waals surface area contributed by atoms with Crippen LogP contribution in [-0.2, 0) is 15.0 Å². The fourth-order valence-electron chi connectivity index (χ4n) is 2.98. The van der Waals surface area contributed by atoms with E-state index >= 15 is 0 Å². The summed E-state index contributed by atoms with van der Waals surface area (Å²) >= 11 is 3.43. The second-order valence-corrected chi connectivity index (χ2v) is 7.75. The van der Waals surface area contributed by atoms with E-state index in [2.05, 4.69) is 15.9 Å². The van der Waals surface area contributed by atoms with Gasteiger partial charge >= 0.3 is 5.97 Å². The molecule has 2 rings (SSSR count). The molecular formula is C17H22BrNO3. The van der Waals surface area contributed by atoms with Crippen LogP contribution in [0.2, 0.25) is 0 Å². The quantitative estimate of drug-likeness (QED) is 0.889. The first-order chi connectivity index (χ1) is 10.2. The van der Waals surface area contributed by atoms with Crippen molar-refractivity contribution < 1.29 is 14.7 Å². The Bertz CT molecular complexity index is 599. The van der Waals surface area contributed by atoms with Crippen molar-refractivity contribution in [1.82, 2.24) is 4.90 Å². The maximum Gasteiger partial charge on any atom is 0.311 e. The zero-order chi connectivity index (χ0) is 16.5. The second kappa shape index (κ2) is 6.03. The molecule has 0 radical (unpaired) electrons. The Morgan fingerprint density at radius 1 is 1.36 bits per heavy atom. The van der Waals surface area contributed by atoms with Crippen molar-refractivity contribution >= 4 is 27.8 Å². The Labute approximate surface area is 139 Å². The molecule has 1 aliphatic rings. The molecule has 1 atom stereocenters. The molecule has 120 valence electrons. The van der Waals surface area contributed by atoms with Gasteiger partial charge in [0.15, 0.2) is 0 Å². The van der Waals surface area contributed by atoms with Gasteiger partial charge in [0.1, 0.15) is 0 Å². The minimum absolute atomic E-state index is 0.0159. The highest BCUT2D eigenvalue weighted by atomic mass is 79.9. The van der Waals surface area contributed by atoms with E-state index in [9.17, 15) is 14.7 Å². The van der Waals surface area contributed by atoms with Gasteiger partial charge in [-0.15, -0.1) is 0 Å². The molecule has 1 unspecified atom stereocenters. The van der Waals surface area contributed by atoms with E-state index in [1.807, 2.05) is 38.1 Å². The van der Waals surface area contributed by atoms with E-state index in [-0.39, 0.29) is 12.5 Å². The standard InChI is InChI=1S/C17H22BrNO3/c1-16(2,12-6-4-7-13(18)10-12)14(20)19-9-5-8-17(3,11-19)15(21)22/h4,6-7,10H,5,8-9,11H2,1-3H3,(H,21,22). The van der Waals surface area contributed by atoms with Crippen LogP contribution in [-0.4, -0.2) is 35.0 Å². The topological polar surface area (TPSA) is 57.6 Å². The molecule has 0 saturated carbocycles. The number of rotatable bonds is 3. The number of piperidine rings is 1. The van der Waals surface area contributed by atoms with Gasteiger partial charge in [0.05, 0.1) is 10.8 Å². The van der Waals surface area contributed by atoms with Gasteiger partial charge in [-0.1, -0.05) is 28.1 Å². The van der Waals surface area contributed by atoms with Crippen LogP contribution in [0.4, 0.5) is 0 Å². The summed E-state index contributed by atoms with van der Waals surface area (Å²) in [6, 6.07) is 7.71. The van der Waals surface area contributed by atoms with Crippen molar-refractivity contribution in [1.29, 1.82) is 0 Å². The van der Waals surface area contributed by atoms with Crippen LogP contribution in [0.3, 0.4) is 0 Å². The summed E-state index contributed by atoms with van der Waals surface area (Å²) in [4.78, 5) is 26.1. The molecule has 4 nitrogen and oxygen atoms in total. The van der Waals surface area contributed by atoms with E-state index in [0.29, 0.717) is 13.0 Å². The van der Waals surface area contributed by atoms with E-state index in [1.165, 1.54) is 0 Å². The molecule has 1 aromatic carbocycles. The van der Waals surface area contributed by atoms with Gasteiger partial charge in [0, 0.05) is 17.6 Å². The van der Waals surface area contributed by atoms with Gasteiger partial charge in [0.2, 0.25) is 5.91 Å². The van der Waals surface area contributed by atoms with Gasteiger partial charge in [-0.2, -0.15) is 0 Å². The number of benzene rings is 1. The SMILES string of the molecule is CC1(C(=O)O)CCCN(C(=O)C(C)(C)c2cccc(Br)c2)C1. The maximum absolute atomic E-state index is 13.0. The molecule has 1 aromatic rings. The summed E-state index contributed by atoms with van der Waals surface area (Å²) in [7, 11) is 0. The van der Waals surface area contributed by atoms with Crippen molar-refractivity contribution in [2.45, 2.75) is 39.0 Å². The summed E-state index contributed by atoms with van der Waals surface area (Å²) in [6.45, 7) is 6.41. The van der Waals surface area contributed by atoms with Gasteiger partial charge in [-0.3, -0.25) is 9.59 Å². The highest BCUT2D eigenvalue weighted by Crippen LogP contribution is 2.34. The molecule has 1 saturated heterocycles. The summed E-state index contributed by atoms with van der Waals surface area (Å²) in [5, 5.41) is 9.41. The van der Waals surface area contributed by atoms with Crippen LogP contribution in [0.5, 0.6) is 0 Å². The predicted octanol–water partition coefficient (Wildman–Crippen LogP) is 3.44. The summed E-state index contributed by atoms with van der Waals surface area (Å²) in [6.07, 6.45) is 1.34. The van der Waals surface area contributed by atoms with Gasteiger partial charge in [-0.25, -0.2) is 0 Å². The average Bonchev–Trinajstić information content (AvgIpc) is 2.46. The average molecular weight is 368 g/mol. The van der Waals surface area contributed by atoms with Gasteiger partial charge in [-0.05, 0) is 51.3 Å². The van der Waals surface area contributed by atoms with Crippen molar-refractivity contribution in [2.24, 2.45) is 5.41 Å². The van der Waals surface area contributed by atoms with Crippen molar-refractivity contribution in [2.75, 3.05) is 13.1 Å². The minimum Gasteiger partial charge on any atom is -0.481 e. The molecule has 1 N–H and O–H groups in total. The van der Waals surface area contributed by atoms with Crippen LogP contribution in [0.15, 0.2) is 28.7 Å². The number of carbonyl (C=O) groups excluding carboxylic acids is 1. The van der Waals surface area contributed by atoms with Crippen LogP contribution in [0.1, 0.15) is 39.2 Å². The Hall–Kier alpha value is -1.36. The lowest BCUT2D eigenvalue weighted by Gasteiger charge is -2.41. The number of carboxylic acids is 1. The number of aliphatic carboxylic acids is 1. The molecule has 1 aliphatic heterocycles. The number of carboxylic acid groups (broad SMARTS) is 1. The lowest BCUT2D eigenvalue weighted by Crippen LogP contribution is -2.52. The summed E-state index contributed by atoms with van der Waals surface area (Å²) in [5.41, 5.74) is -0.601. The predicted molar refractivity (Wildman–Crippen MR) is 88.7 cm³/mol. The van der Waals surface area contributed by atoms with E-state index in [0.717, 1.165) is 16.5 Å². The molecule has 1 fully saturated rings. The monoisotopic (exact) mass is 367 g/mol. The summed E-state index contributed by atoms with van der Waals surface area (Å²) < 4.78 is 0.930. The van der Waals surface area contributed by atoms with Crippen LogP contribution >= 0.6 is 15.9 Å². The zero-order valence-electron chi connectivity index (χ0n) is 13.2. The Morgan fingerprint density at radius 2 is 2.05 bits per heavy atom. The number of nitrogens with zero attached hydrogens (tertiary/aromatic N) is 1. The minimum atomic E-state index is -0.846. The highest BCUT2D eigenvalue weighted by molar-refractivity contribution is 9.10. The van der Waals surface area contributed by atoms with Crippen LogP contribution < -0.4 is 0 Å². The van der Waals surface area contributed by atoms with Crippen LogP contribution in [0, 0.1) is 5.41 Å². The number of likely N-dealkylation sites (tertiary alicyclic amines) is 1.